The Bertz CT molecular complexity index is 773. The molecule has 0 saturated carbocycles. The van der Waals surface area contributed by atoms with Crippen LogP contribution in [0.2, 0.25) is 0 Å². The molecule has 7 heteroatoms. The molecule has 0 aliphatic carbocycles. The Labute approximate surface area is 171 Å². The standard InChI is InChI=1S/C21H30N4O2S/c1-5-7-8-9-17(26)22-18(15(4)6-2)19(27)23-21-25-24-20(28-21)16-12-10-14(3)11-13-16/h10-13,15,18H,5-9H2,1-4H3,(H,22,26)(H,23,25,27)/t15-,18+/m1/s1. The van der Waals surface area contributed by atoms with Crippen LogP contribution in [0, 0.1) is 12.8 Å². The van der Waals surface area contributed by atoms with Gasteiger partial charge in [0.2, 0.25) is 16.9 Å². The first kappa shape index (κ1) is 22.0. The van der Waals surface area contributed by atoms with E-state index in [0.717, 1.165) is 36.3 Å². The third-order valence-electron chi connectivity index (χ3n) is 4.77. The summed E-state index contributed by atoms with van der Waals surface area (Å²) in [5.74, 6) is -0.295. The monoisotopic (exact) mass is 402 g/mol. The van der Waals surface area contributed by atoms with Gasteiger partial charge in [-0.1, -0.05) is 81.2 Å². The molecule has 0 aliphatic heterocycles. The van der Waals surface area contributed by atoms with Crippen molar-refractivity contribution in [2.75, 3.05) is 5.32 Å². The third-order valence-corrected chi connectivity index (χ3v) is 5.66. The first-order valence-electron chi connectivity index (χ1n) is 9.95. The molecule has 1 heterocycles. The number of carbonyl (C=O) groups excluding carboxylic acids is 2. The molecule has 2 amide bonds. The number of hydrogen-bond donors (Lipinski definition) is 2. The molecule has 0 radical (unpaired) electrons. The number of nitrogens with zero attached hydrogens (tertiary/aromatic N) is 2. The lowest BCUT2D eigenvalue weighted by atomic mass is 9.98. The molecular formula is C21H30N4O2S. The van der Waals surface area contributed by atoms with Crippen LogP contribution in [0.5, 0.6) is 0 Å². The van der Waals surface area contributed by atoms with Crippen molar-refractivity contribution in [1.29, 1.82) is 0 Å². The van der Waals surface area contributed by atoms with Crippen molar-refractivity contribution in [3.8, 4) is 10.6 Å². The maximum absolute atomic E-state index is 12.8. The Hall–Kier alpha value is -2.28. The summed E-state index contributed by atoms with van der Waals surface area (Å²) in [4.78, 5) is 25.0. The summed E-state index contributed by atoms with van der Waals surface area (Å²) in [6, 6.07) is 7.43. The van der Waals surface area contributed by atoms with E-state index in [9.17, 15) is 9.59 Å². The van der Waals surface area contributed by atoms with E-state index in [4.69, 9.17) is 0 Å². The molecule has 0 spiro atoms. The summed E-state index contributed by atoms with van der Waals surface area (Å²) in [6.07, 6.45) is 4.15. The summed E-state index contributed by atoms with van der Waals surface area (Å²) in [5, 5.41) is 15.2. The van der Waals surface area contributed by atoms with Gasteiger partial charge in [-0.2, -0.15) is 0 Å². The van der Waals surface area contributed by atoms with Crippen molar-refractivity contribution in [3.63, 3.8) is 0 Å². The summed E-state index contributed by atoms with van der Waals surface area (Å²) in [6.45, 7) is 8.10. The molecule has 0 fully saturated rings. The fourth-order valence-electron chi connectivity index (χ4n) is 2.75. The van der Waals surface area contributed by atoms with E-state index in [1.807, 2.05) is 45.0 Å². The van der Waals surface area contributed by atoms with Crippen LogP contribution in [0.25, 0.3) is 10.6 Å². The molecule has 2 aromatic rings. The van der Waals surface area contributed by atoms with Gasteiger partial charge in [-0.25, -0.2) is 0 Å². The average molecular weight is 403 g/mol. The minimum atomic E-state index is -0.578. The van der Waals surface area contributed by atoms with Crippen molar-refractivity contribution in [3.05, 3.63) is 29.8 Å². The summed E-state index contributed by atoms with van der Waals surface area (Å²) >= 11 is 1.33. The Morgan fingerprint density at radius 1 is 1.11 bits per heavy atom. The average Bonchev–Trinajstić information content (AvgIpc) is 3.14. The molecule has 0 bridgehead atoms. The number of rotatable bonds is 10. The normalized spacial score (nSPS) is 13.0. The Morgan fingerprint density at radius 3 is 2.46 bits per heavy atom. The predicted molar refractivity (Wildman–Crippen MR) is 114 cm³/mol. The van der Waals surface area contributed by atoms with Gasteiger partial charge in [0.15, 0.2) is 0 Å². The maximum atomic E-state index is 12.8. The molecule has 0 saturated heterocycles. The van der Waals surface area contributed by atoms with E-state index >= 15 is 0 Å². The van der Waals surface area contributed by atoms with Crippen molar-refractivity contribution in [2.45, 2.75) is 65.8 Å². The molecule has 2 N–H and O–H groups in total. The number of hydrogen-bond acceptors (Lipinski definition) is 5. The second kappa shape index (κ2) is 10.9. The Balaban J connectivity index is 2.02. The zero-order valence-corrected chi connectivity index (χ0v) is 17.9. The highest BCUT2D eigenvalue weighted by Gasteiger charge is 2.26. The largest absolute Gasteiger partial charge is 0.344 e. The molecule has 6 nitrogen and oxygen atoms in total. The first-order valence-corrected chi connectivity index (χ1v) is 10.8. The highest BCUT2D eigenvalue weighted by molar-refractivity contribution is 7.18. The van der Waals surface area contributed by atoms with Crippen LogP contribution in [-0.2, 0) is 9.59 Å². The van der Waals surface area contributed by atoms with Crippen LogP contribution in [0.15, 0.2) is 24.3 Å². The molecule has 152 valence electrons. The second-order valence-corrected chi connectivity index (χ2v) is 8.13. The smallest absolute Gasteiger partial charge is 0.249 e. The fraction of sp³-hybridized carbons (Fsp3) is 0.524. The fourth-order valence-corrected chi connectivity index (χ4v) is 3.50. The molecule has 0 aliphatic rings. The Morgan fingerprint density at radius 2 is 1.82 bits per heavy atom. The van der Waals surface area contributed by atoms with Gasteiger partial charge in [-0.15, -0.1) is 10.2 Å². The van der Waals surface area contributed by atoms with Crippen molar-refractivity contribution >= 4 is 28.3 Å². The van der Waals surface area contributed by atoms with E-state index in [2.05, 4.69) is 27.8 Å². The Kier molecular flexibility index (Phi) is 8.57. The van der Waals surface area contributed by atoms with Crippen LogP contribution < -0.4 is 10.6 Å². The summed E-state index contributed by atoms with van der Waals surface area (Å²) < 4.78 is 0. The number of aryl methyl sites for hydroxylation is 1. The minimum Gasteiger partial charge on any atom is -0.344 e. The predicted octanol–water partition coefficient (Wildman–Crippen LogP) is 4.56. The lowest BCUT2D eigenvalue weighted by Gasteiger charge is -2.23. The van der Waals surface area contributed by atoms with Gasteiger partial charge < -0.3 is 5.32 Å². The minimum absolute atomic E-state index is 0.0274. The number of nitrogens with one attached hydrogen (secondary N) is 2. The quantitative estimate of drug-likeness (QED) is 0.571. The molecule has 28 heavy (non-hydrogen) atoms. The number of aromatic nitrogens is 2. The summed E-state index contributed by atoms with van der Waals surface area (Å²) in [5.41, 5.74) is 2.14. The van der Waals surface area contributed by atoms with E-state index < -0.39 is 6.04 Å². The maximum Gasteiger partial charge on any atom is 0.249 e. The van der Waals surface area contributed by atoms with Crippen LogP contribution in [0.3, 0.4) is 0 Å². The molecule has 1 aromatic heterocycles. The van der Waals surface area contributed by atoms with Crippen molar-refractivity contribution in [1.82, 2.24) is 15.5 Å². The lowest BCUT2D eigenvalue weighted by molar-refractivity contribution is -0.127. The zero-order valence-electron chi connectivity index (χ0n) is 17.1. The van der Waals surface area contributed by atoms with Gasteiger partial charge in [0.25, 0.3) is 0 Å². The van der Waals surface area contributed by atoms with Gasteiger partial charge in [0.05, 0.1) is 0 Å². The van der Waals surface area contributed by atoms with Gasteiger partial charge in [-0.05, 0) is 19.3 Å². The van der Waals surface area contributed by atoms with Gasteiger partial charge in [-0.3, -0.25) is 14.9 Å². The third kappa shape index (κ3) is 6.41. The molecule has 0 unspecified atom stereocenters. The molecular weight excluding hydrogens is 372 g/mol. The SMILES string of the molecule is CCCCCC(=O)N[C@H](C(=O)Nc1nnc(-c2ccc(C)cc2)s1)[C@H](C)CC. The molecule has 2 rings (SSSR count). The van der Waals surface area contributed by atoms with E-state index in [1.54, 1.807) is 0 Å². The summed E-state index contributed by atoms with van der Waals surface area (Å²) in [7, 11) is 0. The van der Waals surface area contributed by atoms with E-state index in [0.29, 0.717) is 11.6 Å². The van der Waals surface area contributed by atoms with Crippen LogP contribution in [0.1, 0.15) is 58.4 Å². The topological polar surface area (TPSA) is 84.0 Å². The van der Waals surface area contributed by atoms with Gasteiger partial charge >= 0.3 is 0 Å². The lowest BCUT2D eigenvalue weighted by Crippen LogP contribution is -2.47. The second-order valence-electron chi connectivity index (χ2n) is 7.16. The highest BCUT2D eigenvalue weighted by Crippen LogP contribution is 2.26. The molecule has 1 aromatic carbocycles. The van der Waals surface area contributed by atoms with Gasteiger partial charge in [0, 0.05) is 12.0 Å². The number of unbranched alkanes of at least 4 members (excludes halogenated alkanes) is 2. The number of amides is 2. The zero-order chi connectivity index (χ0) is 20.5. The number of anilines is 1. The van der Waals surface area contributed by atoms with Gasteiger partial charge in [0.1, 0.15) is 11.0 Å². The number of carbonyl (C=O) groups is 2. The highest BCUT2D eigenvalue weighted by atomic mass is 32.1. The molecule has 2 atom stereocenters. The van der Waals surface area contributed by atoms with Crippen LogP contribution in [0.4, 0.5) is 5.13 Å². The van der Waals surface area contributed by atoms with Crippen LogP contribution in [-0.4, -0.2) is 28.1 Å². The number of benzene rings is 1. The van der Waals surface area contributed by atoms with Crippen molar-refractivity contribution < 1.29 is 9.59 Å². The van der Waals surface area contributed by atoms with E-state index in [-0.39, 0.29) is 17.7 Å². The first-order chi connectivity index (χ1) is 13.4. The van der Waals surface area contributed by atoms with Crippen LogP contribution >= 0.6 is 11.3 Å². The van der Waals surface area contributed by atoms with Crippen molar-refractivity contribution in [2.24, 2.45) is 5.92 Å². The van der Waals surface area contributed by atoms with E-state index in [1.165, 1.54) is 16.9 Å².